The van der Waals surface area contributed by atoms with Gasteiger partial charge in [-0.25, -0.2) is 0 Å². The van der Waals surface area contributed by atoms with E-state index in [1.807, 2.05) is 6.92 Å². The molecule has 1 aliphatic rings. The summed E-state index contributed by atoms with van der Waals surface area (Å²) in [5, 5.41) is 12.6. The fraction of sp³-hybridized carbons (Fsp3) is 1.00. The van der Waals surface area contributed by atoms with Gasteiger partial charge in [0.15, 0.2) is 0 Å². The van der Waals surface area contributed by atoms with Crippen LogP contribution in [0, 0.1) is 5.92 Å². The predicted octanol–water partition coefficient (Wildman–Crippen LogP) is 0.774. The van der Waals surface area contributed by atoms with E-state index >= 15 is 0 Å². The largest absolute Gasteiger partial charge is 0.393 e. The molecule has 1 saturated heterocycles. The van der Waals surface area contributed by atoms with Gasteiger partial charge in [-0.05, 0) is 31.7 Å². The van der Waals surface area contributed by atoms with E-state index in [0.717, 1.165) is 39.1 Å². The Morgan fingerprint density at radius 2 is 2.46 bits per heavy atom. The first-order valence-electron chi connectivity index (χ1n) is 5.29. The highest BCUT2D eigenvalue weighted by Crippen LogP contribution is 2.10. The van der Waals surface area contributed by atoms with Crippen LogP contribution in [0.1, 0.15) is 26.2 Å². The molecule has 0 radical (unpaired) electrons. The summed E-state index contributed by atoms with van der Waals surface area (Å²) >= 11 is 0. The lowest BCUT2D eigenvalue weighted by Crippen LogP contribution is -2.26. The summed E-state index contributed by atoms with van der Waals surface area (Å²) in [6.45, 7) is 5.80. The van der Waals surface area contributed by atoms with E-state index in [1.165, 1.54) is 6.42 Å². The molecule has 0 aliphatic carbocycles. The molecule has 2 atom stereocenters. The normalized spacial score (nSPS) is 24.9. The molecule has 2 N–H and O–H groups in total. The number of ether oxygens (including phenoxy) is 1. The van der Waals surface area contributed by atoms with Crippen LogP contribution in [0.3, 0.4) is 0 Å². The minimum atomic E-state index is -0.132. The highest BCUT2D eigenvalue weighted by Gasteiger charge is 2.14. The zero-order valence-corrected chi connectivity index (χ0v) is 8.46. The minimum absolute atomic E-state index is 0.132. The maximum Gasteiger partial charge on any atom is 0.0549 e. The molecule has 0 aromatic carbocycles. The van der Waals surface area contributed by atoms with Crippen molar-refractivity contribution in [1.82, 2.24) is 5.32 Å². The number of nitrogens with one attached hydrogen (secondary N) is 1. The Bertz CT molecular complexity index is 124. The summed E-state index contributed by atoms with van der Waals surface area (Å²) in [4.78, 5) is 0. The Morgan fingerprint density at radius 3 is 3.08 bits per heavy atom. The molecule has 3 heteroatoms. The van der Waals surface area contributed by atoms with Gasteiger partial charge in [-0.15, -0.1) is 0 Å². The molecule has 78 valence electrons. The first-order valence-corrected chi connectivity index (χ1v) is 5.29. The lowest BCUT2D eigenvalue weighted by Gasteiger charge is -2.11. The van der Waals surface area contributed by atoms with Gasteiger partial charge in [0, 0.05) is 13.2 Å². The van der Waals surface area contributed by atoms with Gasteiger partial charge >= 0.3 is 0 Å². The second-order valence-electron chi connectivity index (χ2n) is 3.78. The van der Waals surface area contributed by atoms with Gasteiger partial charge in [0.05, 0.1) is 12.7 Å². The quantitative estimate of drug-likeness (QED) is 0.604. The maximum atomic E-state index is 9.29. The molecule has 1 heterocycles. The Balaban J connectivity index is 1.88. The third-order valence-electron chi connectivity index (χ3n) is 2.58. The van der Waals surface area contributed by atoms with Gasteiger partial charge in [-0.3, -0.25) is 0 Å². The lowest BCUT2D eigenvalue weighted by molar-refractivity contribution is 0.158. The van der Waals surface area contributed by atoms with Crippen LogP contribution in [-0.4, -0.2) is 37.5 Å². The van der Waals surface area contributed by atoms with Crippen LogP contribution in [0.4, 0.5) is 0 Å². The SMILES string of the molecule is CCC(O)CCNCC1CCOC1. The van der Waals surface area contributed by atoms with Gasteiger partial charge in [0.2, 0.25) is 0 Å². The Morgan fingerprint density at radius 1 is 1.62 bits per heavy atom. The van der Waals surface area contributed by atoms with E-state index in [0.29, 0.717) is 5.92 Å². The predicted molar refractivity (Wildman–Crippen MR) is 52.7 cm³/mol. The summed E-state index contributed by atoms with van der Waals surface area (Å²) < 4.78 is 5.27. The van der Waals surface area contributed by atoms with Crippen molar-refractivity contribution in [1.29, 1.82) is 0 Å². The molecule has 3 nitrogen and oxygen atoms in total. The van der Waals surface area contributed by atoms with Crippen molar-refractivity contribution in [3.05, 3.63) is 0 Å². The molecule has 1 rings (SSSR count). The number of rotatable bonds is 6. The molecule has 13 heavy (non-hydrogen) atoms. The second-order valence-corrected chi connectivity index (χ2v) is 3.78. The van der Waals surface area contributed by atoms with Gasteiger partial charge in [-0.1, -0.05) is 6.92 Å². The summed E-state index contributed by atoms with van der Waals surface area (Å²) in [6, 6.07) is 0. The molecule has 0 aromatic rings. The lowest BCUT2D eigenvalue weighted by atomic mass is 10.1. The van der Waals surface area contributed by atoms with E-state index in [4.69, 9.17) is 4.74 Å². The van der Waals surface area contributed by atoms with Crippen molar-refractivity contribution >= 4 is 0 Å². The van der Waals surface area contributed by atoms with E-state index in [9.17, 15) is 5.11 Å². The minimum Gasteiger partial charge on any atom is -0.393 e. The molecule has 2 unspecified atom stereocenters. The Labute approximate surface area is 80.5 Å². The Hall–Kier alpha value is -0.120. The number of hydrogen-bond donors (Lipinski definition) is 2. The van der Waals surface area contributed by atoms with Crippen LogP contribution in [-0.2, 0) is 4.74 Å². The van der Waals surface area contributed by atoms with Crippen LogP contribution < -0.4 is 5.32 Å². The average molecular weight is 187 g/mol. The number of aliphatic hydroxyl groups is 1. The zero-order chi connectivity index (χ0) is 9.52. The van der Waals surface area contributed by atoms with E-state index in [-0.39, 0.29) is 6.10 Å². The van der Waals surface area contributed by atoms with E-state index in [2.05, 4.69) is 5.32 Å². The first kappa shape index (κ1) is 11.0. The number of hydrogen-bond acceptors (Lipinski definition) is 3. The zero-order valence-electron chi connectivity index (χ0n) is 8.46. The average Bonchev–Trinajstić information content (AvgIpc) is 2.64. The third-order valence-corrected chi connectivity index (χ3v) is 2.58. The standard InChI is InChI=1S/C10H21NO2/c1-2-10(12)3-5-11-7-9-4-6-13-8-9/h9-12H,2-8H2,1H3. The van der Waals surface area contributed by atoms with Crippen LogP contribution in [0.5, 0.6) is 0 Å². The van der Waals surface area contributed by atoms with E-state index < -0.39 is 0 Å². The molecule has 0 amide bonds. The summed E-state index contributed by atoms with van der Waals surface area (Å²) in [5.41, 5.74) is 0. The first-order chi connectivity index (χ1) is 6.33. The molecule has 0 saturated carbocycles. The topological polar surface area (TPSA) is 41.5 Å². The molecule has 1 fully saturated rings. The molecular weight excluding hydrogens is 166 g/mol. The van der Waals surface area contributed by atoms with Crippen LogP contribution >= 0.6 is 0 Å². The van der Waals surface area contributed by atoms with Crippen LogP contribution in [0.2, 0.25) is 0 Å². The number of aliphatic hydroxyl groups excluding tert-OH is 1. The fourth-order valence-corrected chi connectivity index (χ4v) is 1.52. The van der Waals surface area contributed by atoms with Crippen molar-refractivity contribution < 1.29 is 9.84 Å². The Kier molecular flexibility index (Phi) is 5.35. The summed E-state index contributed by atoms with van der Waals surface area (Å²) in [6.07, 6.45) is 2.77. The molecule has 1 aliphatic heterocycles. The van der Waals surface area contributed by atoms with Crippen LogP contribution in [0.15, 0.2) is 0 Å². The summed E-state index contributed by atoms with van der Waals surface area (Å²) in [7, 11) is 0. The molecular formula is C10H21NO2. The second kappa shape index (κ2) is 6.35. The molecule has 0 bridgehead atoms. The fourth-order valence-electron chi connectivity index (χ4n) is 1.52. The smallest absolute Gasteiger partial charge is 0.0549 e. The van der Waals surface area contributed by atoms with Crippen molar-refractivity contribution in [2.45, 2.75) is 32.3 Å². The van der Waals surface area contributed by atoms with Crippen molar-refractivity contribution in [3.8, 4) is 0 Å². The summed E-state index contributed by atoms with van der Waals surface area (Å²) in [5.74, 6) is 0.693. The third kappa shape index (κ3) is 4.60. The van der Waals surface area contributed by atoms with Gasteiger partial charge < -0.3 is 15.2 Å². The van der Waals surface area contributed by atoms with Crippen LogP contribution in [0.25, 0.3) is 0 Å². The molecule has 0 aromatic heterocycles. The molecule has 0 spiro atoms. The van der Waals surface area contributed by atoms with Gasteiger partial charge in [0.25, 0.3) is 0 Å². The highest BCUT2D eigenvalue weighted by atomic mass is 16.5. The van der Waals surface area contributed by atoms with Gasteiger partial charge in [0.1, 0.15) is 0 Å². The van der Waals surface area contributed by atoms with Crippen molar-refractivity contribution in [3.63, 3.8) is 0 Å². The van der Waals surface area contributed by atoms with Crippen molar-refractivity contribution in [2.75, 3.05) is 26.3 Å². The maximum absolute atomic E-state index is 9.29. The van der Waals surface area contributed by atoms with E-state index in [1.54, 1.807) is 0 Å². The van der Waals surface area contributed by atoms with Crippen molar-refractivity contribution in [2.24, 2.45) is 5.92 Å². The highest BCUT2D eigenvalue weighted by molar-refractivity contribution is 4.67. The van der Waals surface area contributed by atoms with Gasteiger partial charge in [-0.2, -0.15) is 0 Å². The monoisotopic (exact) mass is 187 g/mol.